The van der Waals surface area contributed by atoms with Gasteiger partial charge in [0.2, 0.25) is 5.88 Å². The highest BCUT2D eigenvalue weighted by molar-refractivity contribution is 9.08. The Morgan fingerprint density at radius 2 is 2.31 bits per heavy atom. The van der Waals surface area contributed by atoms with E-state index in [0.29, 0.717) is 10.9 Å². The van der Waals surface area contributed by atoms with Crippen molar-refractivity contribution in [2.75, 3.05) is 7.11 Å². The van der Waals surface area contributed by atoms with E-state index < -0.39 is 6.43 Å². The Hall–Kier alpha value is -0.710. The summed E-state index contributed by atoms with van der Waals surface area (Å²) in [4.78, 5) is 3.83. The summed E-state index contributed by atoms with van der Waals surface area (Å²) in [5, 5.41) is 0.309. The molecule has 13 heavy (non-hydrogen) atoms. The van der Waals surface area contributed by atoms with Crippen molar-refractivity contribution in [3.8, 4) is 5.88 Å². The Morgan fingerprint density at radius 3 is 2.77 bits per heavy atom. The summed E-state index contributed by atoms with van der Waals surface area (Å²) in [7, 11) is 1.41. The van der Waals surface area contributed by atoms with Gasteiger partial charge in [0.15, 0.2) is 0 Å². The van der Waals surface area contributed by atoms with Gasteiger partial charge in [0.05, 0.1) is 7.11 Å². The molecule has 0 amide bonds. The minimum Gasteiger partial charge on any atom is -0.481 e. The van der Waals surface area contributed by atoms with Crippen molar-refractivity contribution >= 4 is 15.9 Å². The molecule has 0 aliphatic rings. The van der Waals surface area contributed by atoms with Gasteiger partial charge in [-0.05, 0) is 6.07 Å². The molecule has 0 unspecified atom stereocenters. The van der Waals surface area contributed by atoms with Crippen molar-refractivity contribution in [3.05, 3.63) is 23.4 Å². The Labute approximate surface area is 83.1 Å². The Morgan fingerprint density at radius 1 is 1.62 bits per heavy atom. The van der Waals surface area contributed by atoms with Gasteiger partial charge < -0.3 is 4.74 Å². The van der Waals surface area contributed by atoms with E-state index in [1.54, 1.807) is 0 Å². The molecule has 0 aliphatic heterocycles. The van der Waals surface area contributed by atoms with Gasteiger partial charge in [0.25, 0.3) is 6.43 Å². The fraction of sp³-hybridized carbons (Fsp3) is 0.375. The zero-order chi connectivity index (χ0) is 9.84. The largest absolute Gasteiger partial charge is 0.481 e. The molecule has 1 rings (SSSR count). The fourth-order valence-corrected chi connectivity index (χ4v) is 1.57. The number of aromatic nitrogens is 1. The molecule has 0 saturated heterocycles. The topological polar surface area (TPSA) is 22.1 Å². The fourth-order valence-electron chi connectivity index (χ4n) is 1.00. The summed E-state index contributed by atoms with van der Waals surface area (Å²) in [6.07, 6.45) is -1.18. The summed E-state index contributed by atoms with van der Waals surface area (Å²) in [6.45, 7) is 0. The molecule has 0 atom stereocenters. The standard InChI is InChI=1S/C8H8BrF2NO/c1-13-8-6(4-9)5(7(10)11)2-3-12-8/h2-3,7H,4H2,1H3. The molecule has 1 aromatic rings. The smallest absolute Gasteiger partial charge is 0.264 e. The highest BCUT2D eigenvalue weighted by atomic mass is 79.9. The number of hydrogen-bond acceptors (Lipinski definition) is 2. The predicted molar refractivity (Wildman–Crippen MR) is 48.4 cm³/mol. The number of methoxy groups -OCH3 is 1. The lowest BCUT2D eigenvalue weighted by Crippen LogP contribution is -1.98. The molecule has 2 nitrogen and oxygen atoms in total. The minimum absolute atomic E-state index is 0.0382. The maximum absolute atomic E-state index is 12.4. The second kappa shape index (κ2) is 4.50. The summed E-state index contributed by atoms with van der Waals surface area (Å²) in [5.41, 5.74) is 0.365. The molecule has 5 heteroatoms. The molecule has 1 aromatic heterocycles. The van der Waals surface area contributed by atoms with E-state index in [-0.39, 0.29) is 11.4 Å². The highest BCUT2D eigenvalue weighted by Crippen LogP contribution is 2.29. The van der Waals surface area contributed by atoms with Crippen molar-refractivity contribution in [1.29, 1.82) is 0 Å². The first-order valence-electron chi connectivity index (χ1n) is 3.56. The Bertz CT molecular complexity index is 293. The van der Waals surface area contributed by atoms with Crippen LogP contribution in [0.25, 0.3) is 0 Å². The zero-order valence-corrected chi connectivity index (χ0v) is 8.51. The lowest BCUT2D eigenvalue weighted by atomic mass is 10.1. The van der Waals surface area contributed by atoms with Crippen LogP contribution < -0.4 is 4.74 Å². The number of halogens is 3. The summed E-state index contributed by atoms with van der Waals surface area (Å²) >= 11 is 3.11. The van der Waals surface area contributed by atoms with Gasteiger partial charge in [-0.1, -0.05) is 15.9 Å². The molecular weight excluding hydrogens is 244 g/mol. The number of pyridine rings is 1. The van der Waals surface area contributed by atoms with E-state index in [9.17, 15) is 8.78 Å². The molecule has 0 fully saturated rings. The average Bonchev–Trinajstić information content (AvgIpc) is 2.16. The molecule has 0 spiro atoms. The van der Waals surface area contributed by atoms with E-state index in [1.165, 1.54) is 19.4 Å². The van der Waals surface area contributed by atoms with E-state index in [1.807, 2.05) is 0 Å². The molecule has 0 aliphatic carbocycles. The van der Waals surface area contributed by atoms with Crippen molar-refractivity contribution in [3.63, 3.8) is 0 Å². The summed E-state index contributed by atoms with van der Waals surface area (Å²) in [6, 6.07) is 1.30. The van der Waals surface area contributed by atoms with Crippen molar-refractivity contribution in [2.45, 2.75) is 11.8 Å². The third-order valence-electron chi connectivity index (χ3n) is 1.61. The quantitative estimate of drug-likeness (QED) is 0.771. The maximum Gasteiger partial charge on any atom is 0.264 e. The highest BCUT2D eigenvalue weighted by Gasteiger charge is 2.16. The van der Waals surface area contributed by atoms with E-state index in [0.717, 1.165) is 0 Å². The third kappa shape index (κ3) is 2.15. The minimum atomic E-state index is -2.50. The van der Waals surface area contributed by atoms with Gasteiger partial charge in [-0.15, -0.1) is 0 Å². The van der Waals surface area contributed by atoms with Crippen molar-refractivity contribution in [1.82, 2.24) is 4.98 Å². The van der Waals surface area contributed by atoms with E-state index >= 15 is 0 Å². The second-order valence-corrected chi connectivity index (χ2v) is 2.88. The van der Waals surface area contributed by atoms with Crippen LogP contribution in [0.15, 0.2) is 12.3 Å². The van der Waals surface area contributed by atoms with Gasteiger partial charge in [0.1, 0.15) is 0 Å². The number of rotatable bonds is 3. The molecule has 0 saturated carbocycles. The SMILES string of the molecule is COc1nccc(C(F)F)c1CBr. The third-order valence-corrected chi connectivity index (χ3v) is 2.18. The molecule has 0 N–H and O–H groups in total. The molecule has 0 radical (unpaired) electrons. The Kier molecular flexibility index (Phi) is 3.59. The first kappa shape index (κ1) is 10.4. The van der Waals surface area contributed by atoms with Gasteiger partial charge in [-0.3, -0.25) is 0 Å². The summed E-state index contributed by atoms with van der Waals surface area (Å²) in [5.74, 6) is 0.245. The second-order valence-electron chi connectivity index (χ2n) is 2.32. The number of alkyl halides is 3. The van der Waals surface area contributed by atoms with Crippen LogP contribution in [0.2, 0.25) is 0 Å². The molecule has 0 aromatic carbocycles. The van der Waals surface area contributed by atoms with Crippen LogP contribution in [0.4, 0.5) is 8.78 Å². The lowest BCUT2D eigenvalue weighted by molar-refractivity contribution is 0.150. The van der Waals surface area contributed by atoms with Gasteiger partial charge in [0, 0.05) is 22.7 Å². The van der Waals surface area contributed by atoms with Gasteiger partial charge in [-0.25, -0.2) is 13.8 Å². The van der Waals surface area contributed by atoms with Gasteiger partial charge in [-0.2, -0.15) is 0 Å². The van der Waals surface area contributed by atoms with Crippen LogP contribution in [0.5, 0.6) is 5.88 Å². The predicted octanol–water partition coefficient (Wildman–Crippen LogP) is 2.92. The van der Waals surface area contributed by atoms with Crippen LogP contribution in [0.3, 0.4) is 0 Å². The molecule has 1 heterocycles. The lowest BCUT2D eigenvalue weighted by Gasteiger charge is -2.09. The maximum atomic E-state index is 12.4. The van der Waals surface area contributed by atoms with Crippen LogP contribution in [-0.4, -0.2) is 12.1 Å². The molecular formula is C8H8BrF2NO. The van der Waals surface area contributed by atoms with Crippen LogP contribution >= 0.6 is 15.9 Å². The molecule has 72 valence electrons. The van der Waals surface area contributed by atoms with Gasteiger partial charge >= 0.3 is 0 Å². The van der Waals surface area contributed by atoms with Crippen LogP contribution in [-0.2, 0) is 5.33 Å². The number of ether oxygens (including phenoxy) is 1. The van der Waals surface area contributed by atoms with E-state index in [4.69, 9.17) is 4.74 Å². The van der Waals surface area contributed by atoms with Crippen LogP contribution in [0.1, 0.15) is 17.6 Å². The Balaban J connectivity index is 3.19. The van der Waals surface area contributed by atoms with Crippen molar-refractivity contribution in [2.24, 2.45) is 0 Å². The normalized spacial score (nSPS) is 10.5. The molecule has 0 bridgehead atoms. The zero-order valence-electron chi connectivity index (χ0n) is 6.93. The van der Waals surface area contributed by atoms with Crippen molar-refractivity contribution < 1.29 is 13.5 Å². The average molecular weight is 252 g/mol. The first-order valence-corrected chi connectivity index (χ1v) is 4.68. The number of nitrogens with zero attached hydrogens (tertiary/aromatic N) is 1. The van der Waals surface area contributed by atoms with Crippen LogP contribution in [0, 0.1) is 0 Å². The number of hydrogen-bond donors (Lipinski definition) is 0. The van der Waals surface area contributed by atoms with E-state index in [2.05, 4.69) is 20.9 Å². The first-order chi connectivity index (χ1) is 6.20. The monoisotopic (exact) mass is 251 g/mol. The summed E-state index contributed by atoms with van der Waals surface area (Å²) < 4.78 is 29.7.